The van der Waals surface area contributed by atoms with E-state index in [0.29, 0.717) is 0 Å². The van der Waals surface area contributed by atoms with Gasteiger partial charge in [-0.3, -0.25) is 0 Å². The first-order valence-electron chi connectivity index (χ1n) is 3.17. The molecule has 2 unspecified atom stereocenters. The summed E-state index contributed by atoms with van der Waals surface area (Å²) in [5.74, 6) is -2.73. The summed E-state index contributed by atoms with van der Waals surface area (Å²) < 4.78 is 16.6. The van der Waals surface area contributed by atoms with E-state index in [4.69, 9.17) is 5.73 Å². The highest BCUT2D eigenvalue weighted by Gasteiger charge is 2.21. The zero-order chi connectivity index (χ0) is 9.72. The second kappa shape index (κ2) is 4.66. The van der Waals surface area contributed by atoms with Crippen molar-refractivity contribution < 1.29 is 23.8 Å². The fourth-order valence-electron chi connectivity index (χ4n) is 0.543. The van der Waals surface area contributed by atoms with Crippen molar-refractivity contribution in [1.82, 2.24) is 0 Å². The van der Waals surface area contributed by atoms with Crippen molar-refractivity contribution in [3.8, 4) is 0 Å². The highest BCUT2D eigenvalue weighted by atomic mass is 19.1. The van der Waals surface area contributed by atoms with Gasteiger partial charge in [0.25, 0.3) is 0 Å². The van der Waals surface area contributed by atoms with Crippen molar-refractivity contribution in [1.29, 1.82) is 0 Å². The first kappa shape index (κ1) is 10.8. The van der Waals surface area contributed by atoms with E-state index in [-0.39, 0.29) is 0 Å². The fraction of sp³-hybridized carbons (Fsp3) is 0.667. The van der Waals surface area contributed by atoms with Crippen LogP contribution in [0.1, 0.15) is 6.42 Å². The molecule has 2 atom stereocenters. The van der Waals surface area contributed by atoms with E-state index in [0.717, 1.165) is 7.11 Å². The molecule has 5 nitrogen and oxygen atoms in total. The van der Waals surface area contributed by atoms with Gasteiger partial charge in [-0.1, -0.05) is 0 Å². The summed E-state index contributed by atoms with van der Waals surface area (Å²) in [4.78, 5) is 20.4. The third-order valence-electron chi connectivity index (χ3n) is 1.22. The molecule has 0 spiro atoms. The van der Waals surface area contributed by atoms with Gasteiger partial charge < -0.3 is 20.4 Å². The lowest BCUT2D eigenvalue weighted by Gasteiger charge is -2.13. The second-order valence-corrected chi connectivity index (χ2v) is 2.15. The molecule has 0 saturated heterocycles. The van der Waals surface area contributed by atoms with E-state index in [1.807, 2.05) is 0 Å². The number of carbonyl (C=O) groups is 2. The summed E-state index contributed by atoms with van der Waals surface area (Å²) in [7, 11) is 0.999. The normalized spacial score (nSPS) is 14.9. The summed E-state index contributed by atoms with van der Waals surface area (Å²) in [6.07, 6.45) is -2.64. The Balaban J connectivity index is 3.91. The summed E-state index contributed by atoms with van der Waals surface area (Å²) in [5.41, 5.74) is 4.90. The number of carbonyl (C=O) groups excluding carboxylic acids is 2. The quantitative estimate of drug-likeness (QED) is 0.501. The number of carboxylic acids is 1. The molecule has 0 aromatic carbocycles. The minimum atomic E-state index is -2.01. The zero-order valence-corrected chi connectivity index (χ0v) is 6.45. The van der Waals surface area contributed by atoms with Crippen molar-refractivity contribution in [3.63, 3.8) is 0 Å². The lowest BCUT2D eigenvalue weighted by atomic mass is 10.1. The molecule has 0 aliphatic carbocycles. The topological polar surface area (TPSA) is 92.5 Å². The summed E-state index contributed by atoms with van der Waals surface area (Å²) in [6, 6.07) is -1.49. The number of ether oxygens (including phenoxy) is 1. The van der Waals surface area contributed by atoms with Gasteiger partial charge in [-0.2, -0.15) is 0 Å². The van der Waals surface area contributed by atoms with Gasteiger partial charge in [-0.05, 0) is 0 Å². The Morgan fingerprint density at radius 2 is 2.17 bits per heavy atom. The first-order valence-corrected chi connectivity index (χ1v) is 3.17. The van der Waals surface area contributed by atoms with Gasteiger partial charge in [-0.15, -0.1) is 0 Å². The summed E-state index contributed by atoms with van der Waals surface area (Å²) >= 11 is 0. The Kier molecular flexibility index (Phi) is 4.20. The molecule has 0 bridgehead atoms. The van der Waals surface area contributed by atoms with Crippen molar-refractivity contribution in [2.75, 3.05) is 7.11 Å². The molecule has 0 aromatic heterocycles. The molecule has 0 heterocycles. The Bertz CT molecular complexity index is 184. The van der Waals surface area contributed by atoms with E-state index in [2.05, 4.69) is 4.74 Å². The summed E-state index contributed by atoms with van der Waals surface area (Å²) in [5, 5.41) is 9.99. The van der Waals surface area contributed by atoms with Gasteiger partial charge in [0, 0.05) is 12.5 Å². The van der Waals surface area contributed by atoms with Crippen LogP contribution >= 0.6 is 0 Å². The molecule has 0 aliphatic heterocycles. The predicted octanol–water partition coefficient (Wildman–Crippen LogP) is -2.04. The average Bonchev–Trinajstić information content (AvgIpc) is 2.02. The number of aliphatic carboxylic acids is 1. The predicted molar refractivity (Wildman–Crippen MR) is 34.5 cm³/mol. The maximum Gasteiger partial charge on any atom is 0.340 e. The molecule has 6 heteroatoms. The Labute approximate surface area is 68.3 Å². The number of hydrogen-bond acceptors (Lipinski definition) is 5. The van der Waals surface area contributed by atoms with Crippen LogP contribution in [-0.4, -0.2) is 31.3 Å². The first-order chi connectivity index (χ1) is 5.49. The number of esters is 1. The van der Waals surface area contributed by atoms with Gasteiger partial charge >= 0.3 is 5.97 Å². The van der Waals surface area contributed by atoms with E-state index in [9.17, 15) is 19.1 Å². The highest BCUT2D eigenvalue weighted by Crippen LogP contribution is 2.02. The maximum absolute atomic E-state index is 12.6. The Morgan fingerprint density at radius 1 is 1.67 bits per heavy atom. The molecular weight excluding hydrogens is 169 g/mol. The smallest absolute Gasteiger partial charge is 0.340 e. The minimum Gasteiger partial charge on any atom is -0.548 e. The van der Waals surface area contributed by atoms with E-state index < -0.39 is 30.6 Å². The van der Waals surface area contributed by atoms with Crippen LogP contribution in [0.5, 0.6) is 0 Å². The van der Waals surface area contributed by atoms with Crippen LogP contribution < -0.4 is 10.8 Å². The molecular formula is C6H9FNO4-. The van der Waals surface area contributed by atoms with Crippen LogP contribution in [0.3, 0.4) is 0 Å². The van der Waals surface area contributed by atoms with Crippen molar-refractivity contribution in [2.24, 2.45) is 5.73 Å². The second-order valence-electron chi connectivity index (χ2n) is 2.15. The van der Waals surface area contributed by atoms with Gasteiger partial charge in [0.05, 0.1) is 13.1 Å². The largest absolute Gasteiger partial charge is 0.548 e. The van der Waals surface area contributed by atoms with Gasteiger partial charge in [0.15, 0.2) is 6.17 Å². The van der Waals surface area contributed by atoms with Crippen LogP contribution in [0.4, 0.5) is 4.39 Å². The Morgan fingerprint density at radius 3 is 2.50 bits per heavy atom. The number of hydrogen-bond donors (Lipinski definition) is 1. The molecule has 0 amide bonds. The monoisotopic (exact) mass is 178 g/mol. The van der Waals surface area contributed by atoms with Crippen LogP contribution in [0, 0.1) is 0 Å². The minimum absolute atomic E-state index is 0.630. The molecule has 12 heavy (non-hydrogen) atoms. The molecule has 0 saturated carbocycles. The van der Waals surface area contributed by atoms with Gasteiger partial charge in [-0.25, -0.2) is 9.18 Å². The molecule has 0 radical (unpaired) electrons. The fourth-order valence-corrected chi connectivity index (χ4v) is 0.543. The maximum atomic E-state index is 12.6. The lowest BCUT2D eigenvalue weighted by Crippen LogP contribution is -2.44. The third-order valence-corrected chi connectivity index (χ3v) is 1.22. The number of rotatable bonds is 4. The van der Waals surface area contributed by atoms with E-state index in [1.165, 1.54) is 0 Å². The number of methoxy groups -OCH3 is 1. The standard InChI is InChI=1S/C6H10FNO4/c1-12-6(11)3(7)2-4(8)5(9)10/h3-4H,2,8H2,1H3,(H,9,10)/p-1. The molecule has 70 valence electrons. The van der Waals surface area contributed by atoms with Crippen molar-refractivity contribution in [2.45, 2.75) is 18.6 Å². The number of carboxylic acid groups (broad SMARTS) is 1. The molecule has 0 aliphatic rings. The van der Waals surface area contributed by atoms with Crippen LogP contribution in [-0.2, 0) is 14.3 Å². The number of nitrogens with two attached hydrogens (primary N) is 1. The molecule has 0 rings (SSSR count). The van der Waals surface area contributed by atoms with Crippen LogP contribution in [0.2, 0.25) is 0 Å². The van der Waals surface area contributed by atoms with Gasteiger partial charge in [0.2, 0.25) is 0 Å². The molecule has 2 N–H and O–H groups in total. The van der Waals surface area contributed by atoms with Crippen LogP contribution in [0.15, 0.2) is 0 Å². The number of alkyl halides is 1. The SMILES string of the molecule is COC(=O)C(F)CC(N)C(=O)[O-]. The third kappa shape index (κ3) is 3.29. The van der Waals surface area contributed by atoms with E-state index >= 15 is 0 Å². The summed E-state index contributed by atoms with van der Waals surface area (Å²) in [6.45, 7) is 0. The number of halogens is 1. The average molecular weight is 178 g/mol. The van der Waals surface area contributed by atoms with Gasteiger partial charge in [0.1, 0.15) is 0 Å². The van der Waals surface area contributed by atoms with Crippen LogP contribution in [0.25, 0.3) is 0 Å². The van der Waals surface area contributed by atoms with E-state index in [1.54, 1.807) is 0 Å². The Hall–Kier alpha value is -1.17. The lowest BCUT2D eigenvalue weighted by molar-refractivity contribution is -0.307. The molecule has 0 fully saturated rings. The van der Waals surface area contributed by atoms with Crippen molar-refractivity contribution >= 4 is 11.9 Å². The zero-order valence-electron chi connectivity index (χ0n) is 6.45. The molecule has 0 aromatic rings. The highest BCUT2D eigenvalue weighted by molar-refractivity contribution is 5.77. The van der Waals surface area contributed by atoms with Crippen molar-refractivity contribution in [3.05, 3.63) is 0 Å².